The van der Waals surface area contributed by atoms with Crippen LogP contribution in [0.4, 0.5) is 0 Å². The lowest BCUT2D eigenvalue weighted by atomic mass is 9.98. The molecule has 0 aromatic rings. The molecule has 0 aromatic carbocycles. The Morgan fingerprint density at radius 2 is 2.21 bits per heavy atom. The molecule has 2 heterocycles. The minimum Gasteiger partial charge on any atom is -0.480 e. The Kier molecular flexibility index (Phi) is 3.38. The number of oxime groups is 1. The third-order valence-corrected chi connectivity index (χ3v) is 5.41. The van der Waals surface area contributed by atoms with E-state index in [1.54, 1.807) is 13.8 Å². The summed E-state index contributed by atoms with van der Waals surface area (Å²) in [7, 11) is -1.51. The molecule has 3 atom stereocenters. The molecule has 2 aliphatic heterocycles. The highest BCUT2D eigenvalue weighted by atomic mass is 32.2. The number of carboxylic acid groups (broad SMARTS) is 1. The van der Waals surface area contributed by atoms with Gasteiger partial charge in [-0.25, -0.2) is 4.79 Å². The highest BCUT2D eigenvalue weighted by Crippen LogP contribution is 2.42. The molecule has 106 valence electrons. The van der Waals surface area contributed by atoms with E-state index in [1.165, 1.54) is 0 Å². The first-order valence-corrected chi connectivity index (χ1v) is 7.21. The average Bonchev–Trinajstić information content (AvgIpc) is 2.51. The zero-order valence-electron chi connectivity index (χ0n) is 11.0. The van der Waals surface area contributed by atoms with Gasteiger partial charge in [-0.3, -0.25) is 9.00 Å². The molecule has 2 fully saturated rings. The second kappa shape index (κ2) is 4.59. The smallest absolute Gasteiger partial charge is 0.328 e. The summed E-state index contributed by atoms with van der Waals surface area (Å²) in [4.78, 5) is 29.2. The summed E-state index contributed by atoms with van der Waals surface area (Å²) in [5, 5.41) is 12.1. The maximum Gasteiger partial charge on any atom is 0.328 e. The summed E-state index contributed by atoms with van der Waals surface area (Å²) in [5.41, 5.74) is 0.0589. The van der Waals surface area contributed by atoms with Crippen LogP contribution in [0, 0.1) is 0 Å². The lowest BCUT2D eigenvalue weighted by Gasteiger charge is -2.36. The third-order valence-electron chi connectivity index (χ3n) is 3.29. The summed E-state index contributed by atoms with van der Waals surface area (Å²) in [6.07, 6.45) is 0.742. The topological polar surface area (TPSA) is 96.3 Å². The van der Waals surface area contributed by atoms with Gasteiger partial charge in [0.15, 0.2) is 11.1 Å². The van der Waals surface area contributed by atoms with E-state index >= 15 is 0 Å². The Bertz CT molecular complexity index is 487. The number of hydrogen-bond donors (Lipinski definition) is 1. The first kappa shape index (κ1) is 14.0. The number of carbonyl (C=O) groups is 2. The molecule has 2 saturated heterocycles. The highest BCUT2D eigenvalue weighted by Gasteiger charge is 2.67. The number of nitrogens with zero attached hydrogens (tertiary/aromatic N) is 2. The molecule has 0 saturated carbocycles. The van der Waals surface area contributed by atoms with E-state index in [0.29, 0.717) is 6.61 Å². The maximum absolute atomic E-state index is 12.3. The van der Waals surface area contributed by atoms with Gasteiger partial charge in [-0.2, -0.15) is 0 Å². The number of carbonyl (C=O) groups excluding carboxylic acids is 1. The van der Waals surface area contributed by atoms with Crippen molar-refractivity contribution in [3.05, 3.63) is 0 Å². The van der Waals surface area contributed by atoms with Crippen LogP contribution in [-0.2, 0) is 25.2 Å². The normalized spacial score (nSPS) is 34.1. The van der Waals surface area contributed by atoms with Crippen LogP contribution in [0.3, 0.4) is 0 Å². The number of rotatable bonds is 4. The molecule has 0 aromatic heterocycles. The Labute approximate surface area is 113 Å². The van der Waals surface area contributed by atoms with E-state index in [9.17, 15) is 18.9 Å². The van der Waals surface area contributed by atoms with E-state index in [4.69, 9.17) is 4.84 Å². The predicted octanol–water partition coefficient (Wildman–Crippen LogP) is -0.0686. The summed E-state index contributed by atoms with van der Waals surface area (Å²) >= 11 is 0. The van der Waals surface area contributed by atoms with Gasteiger partial charge in [-0.05, 0) is 20.3 Å². The van der Waals surface area contributed by atoms with Gasteiger partial charge in [0.25, 0.3) is 5.91 Å². The molecule has 8 heteroatoms. The number of β-lactam (4-membered cyclic amide) rings is 1. The van der Waals surface area contributed by atoms with Crippen molar-refractivity contribution in [1.29, 1.82) is 0 Å². The lowest BCUT2D eigenvalue weighted by molar-refractivity contribution is -0.150. The molecule has 0 aliphatic carbocycles. The van der Waals surface area contributed by atoms with Crippen molar-refractivity contribution >= 4 is 28.4 Å². The maximum atomic E-state index is 12.3. The van der Waals surface area contributed by atoms with Gasteiger partial charge in [0, 0.05) is 0 Å². The quantitative estimate of drug-likeness (QED) is 0.444. The van der Waals surface area contributed by atoms with Crippen LogP contribution in [0.15, 0.2) is 5.16 Å². The van der Waals surface area contributed by atoms with Gasteiger partial charge in [-0.15, -0.1) is 0 Å². The molecular weight excluding hydrogens is 272 g/mol. The molecule has 7 nitrogen and oxygen atoms in total. The van der Waals surface area contributed by atoms with Gasteiger partial charge in [0.2, 0.25) is 0 Å². The zero-order valence-corrected chi connectivity index (χ0v) is 11.8. The molecule has 1 unspecified atom stereocenters. The summed E-state index contributed by atoms with van der Waals surface area (Å²) in [6, 6.07) is -1.09. The fourth-order valence-electron chi connectivity index (χ4n) is 2.31. The van der Waals surface area contributed by atoms with Crippen molar-refractivity contribution in [2.24, 2.45) is 5.16 Å². The van der Waals surface area contributed by atoms with E-state index in [1.807, 2.05) is 6.92 Å². The van der Waals surface area contributed by atoms with Crippen molar-refractivity contribution < 1.29 is 23.7 Å². The van der Waals surface area contributed by atoms with E-state index in [-0.39, 0.29) is 5.71 Å². The third kappa shape index (κ3) is 1.85. The first-order valence-electron chi connectivity index (χ1n) is 6.00. The summed E-state index contributed by atoms with van der Waals surface area (Å²) in [6.45, 7) is 5.42. The molecule has 0 radical (unpaired) electrons. The van der Waals surface area contributed by atoms with Gasteiger partial charge < -0.3 is 14.8 Å². The standard InChI is InChI=1S/C11H16N2O5S/c1-4-5-18-12-6-8(14)13-7(10(15)16)11(2,3)19(17)9(6)13/h7,9H,4-5H2,1-3H3,(H,15,16)/b12-6+/t7-,9+,19?/m0/s1. The van der Waals surface area contributed by atoms with Crippen molar-refractivity contribution in [3.63, 3.8) is 0 Å². The number of amides is 1. The average molecular weight is 288 g/mol. The molecule has 1 N–H and O–H groups in total. The molecule has 0 bridgehead atoms. The van der Waals surface area contributed by atoms with Crippen molar-refractivity contribution in [2.75, 3.05) is 6.61 Å². The molecule has 1 amide bonds. The van der Waals surface area contributed by atoms with E-state index in [0.717, 1.165) is 11.3 Å². The molecule has 0 spiro atoms. The predicted molar refractivity (Wildman–Crippen MR) is 68.0 cm³/mol. The SMILES string of the molecule is CCCO/N=C1\C(=O)N2[C@@H]1S(=O)C(C)(C)[C@@H]2C(=O)O. The van der Waals surface area contributed by atoms with Crippen molar-refractivity contribution in [3.8, 4) is 0 Å². The van der Waals surface area contributed by atoms with Crippen LogP contribution in [0.1, 0.15) is 27.2 Å². The van der Waals surface area contributed by atoms with E-state index in [2.05, 4.69) is 5.16 Å². The van der Waals surface area contributed by atoms with Crippen molar-refractivity contribution in [2.45, 2.75) is 43.4 Å². The van der Waals surface area contributed by atoms with Gasteiger partial charge in [-0.1, -0.05) is 12.1 Å². The number of aliphatic carboxylic acids is 1. The number of fused-ring (bicyclic) bond motifs is 1. The molecule has 2 rings (SSSR count). The first-order chi connectivity index (χ1) is 8.84. The van der Waals surface area contributed by atoms with Gasteiger partial charge >= 0.3 is 5.97 Å². The fraction of sp³-hybridized carbons (Fsp3) is 0.727. The summed E-state index contributed by atoms with van der Waals surface area (Å²) in [5.74, 6) is -1.66. The Balaban J connectivity index is 2.29. The van der Waals surface area contributed by atoms with Crippen LogP contribution in [0.5, 0.6) is 0 Å². The molecule has 2 aliphatic rings. The molecule has 19 heavy (non-hydrogen) atoms. The second-order valence-corrected chi connectivity index (χ2v) is 7.11. The van der Waals surface area contributed by atoms with Crippen LogP contribution in [0.25, 0.3) is 0 Å². The zero-order chi connectivity index (χ0) is 14.4. The van der Waals surface area contributed by atoms with Crippen LogP contribution in [-0.4, -0.2) is 54.6 Å². The largest absolute Gasteiger partial charge is 0.480 e. The summed E-state index contributed by atoms with van der Waals surface area (Å²) < 4.78 is 11.3. The van der Waals surface area contributed by atoms with Gasteiger partial charge in [0.05, 0.1) is 15.5 Å². The second-order valence-electron chi connectivity index (χ2n) is 5.02. The van der Waals surface area contributed by atoms with Crippen LogP contribution >= 0.6 is 0 Å². The van der Waals surface area contributed by atoms with Crippen LogP contribution in [0.2, 0.25) is 0 Å². The minimum atomic E-state index is -1.51. The Hall–Kier alpha value is -1.44. The van der Waals surface area contributed by atoms with E-state index < -0.39 is 38.8 Å². The highest BCUT2D eigenvalue weighted by molar-refractivity contribution is 7.88. The van der Waals surface area contributed by atoms with Gasteiger partial charge in [0.1, 0.15) is 12.6 Å². The number of hydrogen-bond acceptors (Lipinski definition) is 5. The number of carboxylic acids is 1. The monoisotopic (exact) mass is 288 g/mol. The van der Waals surface area contributed by atoms with Crippen LogP contribution < -0.4 is 0 Å². The Morgan fingerprint density at radius 3 is 2.74 bits per heavy atom. The minimum absolute atomic E-state index is 0.0589. The molecular formula is C11H16N2O5S. The fourth-order valence-corrected chi connectivity index (χ4v) is 4.09. The Morgan fingerprint density at radius 1 is 1.58 bits per heavy atom. The van der Waals surface area contributed by atoms with Crippen molar-refractivity contribution in [1.82, 2.24) is 4.90 Å². The lowest BCUT2D eigenvalue weighted by Crippen LogP contribution is -2.64.